The van der Waals surface area contributed by atoms with E-state index >= 15 is 0 Å². The summed E-state index contributed by atoms with van der Waals surface area (Å²) in [6.07, 6.45) is -0.992. The van der Waals surface area contributed by atoms with Gasteiger partial charge in [-0.3, -0.25) is 0 Å². The first-order valence-electron chi connectivity index (χ1n) is 7.51. The summed E-state index contributed by atoms with van der Waals surface area (Å²) >= 11 is 11.9. The molecule has 1 rings (SSSR count). The smallest absolute Gasteiger partial charge is 0.461 e. The molecule has 10 heteroatoms. The van der Waals surface area contributed by atoms with Crippen LogP contribution in [0.4, 0.5) is 15.3 Å². The van der Waals surface area contributed by atoms with E-state index < -0.39 is 18.2 Å². The predicted octanol–water partition coefficient (Wildman–Crippen LogP) is 4.33. The molecule has 1 N–H and O–H groups in total. The number of nitrogens with one attached hydrogen (secondary N) is 1. The highest BCUT2D eigenvalue weighted by atomic mass is 35.5. The fraction of sp³-hybridized carbons (Fsp3) is 0.375. The number of urea groups is 1. The van der Waals surface area contributed by atoms with E-state index in [-0.39, 0.29) is 39.7 Å². The maximum absolute atomic E-state index is 12.1. The number of anilines is 1. The summed E-state index contributed by atoms with van der Waals surface area (Å²) in [5.41, 5.74) is 0.0381. The van der Waals surface area contributed by atoms with Crippen molar-refractivity contribution in [1.82, 2.24) is 0 Å². The first-order valence-corrected chi connectivity index (χ1v) is 8.26. The standard InChI is InChI=1S/C16H18Cl2N2O6/c1-5-25-14(21)13(8(2)3)20-15(22)19-11-7-12(26-16(23)24-4)10(18)6-9(11)17/h6-8H,5H2,1-4H3,(H,19,22). The zero-order valence-electron chi connectivity index (χ0n) is 14.6. The average Bonchev–Trinajstić information content (AvgIpc) is 2.56. The largest absolute Gasteiger partial charge is 0.513 e. The number of aliphatic imine (C=N–C) groups is 1. The minimum atomic E-state index is -0.992. The van der Waals surface area contributed by atoms with E-state index in [2.05, 4.69) is 15.0 Å². The van der Waals surface area contributed by atoms with Crippen molar-refractivity contribution < 1.29 is 28.6 Å². The number of nitrogens with zero attached hydrogens (tertiary/aromatic N) is 1. The molecule has 26 heavy (non-hydrogen) atoms. The van der Waals surface area contributed by atoms with Gasteiger partial charge < -0.3 is 19.5 Å². The summed E-state index contributed by atoms with van der Waals surface area (Å²) in [6, 6.07) is 1.65. The summed E-state index contributed by atoms with van der Waals surface area (Å²) in [7, 11) is 1.13. The Balaban J connectivity index is 3.07. The Morgan fingerprint density at radius 3 is 2.38 bits per heavy atom. The second-order valence-corrected chi connectivity index (χ2v) is 5.94. The highest BCUT2D eigenvalue weighted by molar-refractivity contribution is 6.39. The maximum Gasteiger partial charge on any atom is 0.513 e. The van der Waals surface area contributed by atoms with Crippen LogP contribution in [-0.4, -0.2) is 37.6 Å². The Morgan fingerprint density at radius 2 is 1.85 bits per heavy atom. The third kappa shape index (κ3) is 6.20. The molecule has 0 spiro atoms. The Hall–Kier alpha value is -2.32. The summed E-state index contributed by atoms with van der Waals surface area (Å²) in [4.78, 5) is 38.9. The summed E-state index contributed by atoms with van der Waals surface area (Å²) < 4.78 is 14.1. The number of halogens is 2. The topological polar surface area (TPSA) is 103 Å². The third-order valence-electron chi connectivity index (χ3n) is 2.88. The van der Waals surface area contributed by atoms with Gasteiger partial charge in [0.1, 0.15) is 5.71 Å². The molecule has 0 atom stereocenters. The maximum atomic E-state index is 12.1. The lowest BCUT2D eigenvalue weighted by Gasteiger charge is -2.11. The second kappa shape index (κ2) is 9.98. The monoisotopic (exact) mass is 404 g/mol. The number of rotatable bonds is 5. The van der Waals surface area contributed by atoms with Gasteiger partial charge in [-0.15, -0.1) is 0 Å². The molecule has 0 radical (unpaired) electrons. The van der Waals surface area contributed by atoms with Crippen LogP contribution in [0.15, 0.2) is 17.1 Å². The first kappa shape index (κ1) is 21.7. The lowest BCUT2D eigenvalue weighted by Crippen LogP contribution is -2.25. The zero-order chi connectivity index (χ0) is 19.9. The number of hydrogen-bond donors (Lipinski definition) is 1. The van der Waals surface area contributed by atoms with Crippen molar-refractivity contribution in [2.24, 2.45) is 10.9 Å². The molecule has 0 bridgehead atoms. The highest BCUT2D eigenvalue weighted by Crippen LogP contribution is 2.34. The molecule has 0 heterocycles. The van der Waals surface area contributed by atoms with Gasteiger partial charge in [-0.25, -0.2) is 14.4 Å². The summed E-state index contributed by atoms with van der Waals surface area (Å²) in [5, 5.41) is 2.51. The molecule has 0 unspecified atom stereocenters. The van der Waals surface area contributed by atoms with Crippen molar-refractivity contribution in [3.63, 3.8) is 0 Å². The van der Waals surface area contributed by atoms with Crippen LogP contribution >= 0.6 is 23.2 Å². The summed E-state index contributed by atoms with van der Waals surface area (Å²) in [5.74, 6) is -1.09. The molecule has 0 aliphatic heterocycles. The molecule has 0 saturated carbocycles. The molecule has 1 aromatic carbocycles. The Morgan fingerprint density at radius 1 is 1.19 bits per heavy atom. The summed E-state index contributed by atoms with van der Waals surface area (Å²) in [6.45, 7) is 5.19. The number of methoxy groups -OCH3 is 1. The van der Waals surface area contributed by atoms with Crippen molar-refractivity contribution in [1.29, 1.82) is 0 Å². The van der Waals surface area contributed by atoms with Gasteiger partial charge in [-0.1, -0.05) is 37.0 Å². The van der Waals surface area contributed by atoms with Gasteiger partial charge in [0.25, 0.3) is 0 Å². The van der Waals surface area contributed by atoms with E-state index in [0.29, 0.717) is 0 Å². The Labute approximate surface area is 160 Å². The fourth-order valence-corrected chi connectivity index (χ4v) is 2.17. The van der Waals surface area contributed by atoms with E-state index in [0.717, 1.165) is 7.11 Å². The first-order chi connectivity index (χ1) is 12.2. The molecule has 0 aliphatic rings. The number of hydrogen-bond acceptors (Lipinski definition) is 6. The number of carbonyl (C=O) groups excluding carboxylic acids is 3. The van der Waals surface area contributed by atoms with Crippen LogP contribution in [0.2, 0.25) is 10.0 Å². The lowest BCUT2D eigenvalue weighted by atomic mass is 10.1. The predicted molar refractivity (Wildman–Crippen MR) is 97.4 cm³/mol. The van der Waals surface area contributed by atoms with Gasteiger partial charge in [0.2, 0.25) is 0 Å². The number of carbonyl (C=O) groups is 3. The van der Waals surface area contributed by atoms with Crippen LogP contribution in [0.5, 0.6) is 5.75 Å². The van der Waals surface area contributed by atoms with Crippen molar-refractivity contribution in [3.05, 3.63) is 22.2 Å². The van der Waals surface area contributed by atoms with Crippen LogP contribution < -0.4 is 10.1 Å². The second-order valence-electron chi connectivity index (χ2n) is 5.12. The van der Waals surface area contributed by atoms with Crippen LogP contribution in [0.3, 0.4) is 0 Å². The van der Waals surface area contributed by atoms with Crippen molar-refractivity contribution in [2.75, 3.05) is 19.0 Å². The molecule has 2 amide bonds. The number of benzene rings is 1. The number of amides is 2. The minimum absolute atomic E-state index is 0.0382. The van der Waals surface area contributed by atoms with Gasteiger partial charge in [-0.05, 0) is 13.0 Å². The Bertz CT molecular complexity index is 734. The van der Waals surface area contributed by atoms with Gasteiger partial charge in [0.15, 0.2) is 5.75 Å². The van der Waals surface area contributed by atoms with Crippen LogP contribution in [0.25, 0.3) is 0 Å². The SMILES string of the molecule is CCOC(=O)C(=NC(=O)Nc1cc(OC(=O)OC)c(Cl)cc1Cl)C(C)C. The van der Waals surface area contributed by atoms with Gasteiger partial charge in [0, 0.05) is 12.0 Å². The van der Waals surface area contributed by atoms with Crippen molar-refractivity contribution in [2.45, 2.75) is 20.8 Å². The van der Waals surface area contributed by atoms with E-state index in [1.807, 2.05) is 0 Å². The zero-order valence-corrected chi connectivity index (χ0v) is 16.1. The minimum Gasteiger partial charge on any atom is -0.461 e. The normalized spacial score (nSPS) is 11.1. The molecule has 1 aromatic rings. The third-order valence-corrected chi connectivity index (χ3v) is 3.48. The molecular formula is C16H18Cl2N2O6. The van der Waals surface area contributed by atoms with Crippen LogP contribution in [0.1, 0.15) is 20.8 Å². The van der Waals surface area contributed by atoms with Gasteiger partial charge >= 0.3 is 18.2 Å². The van der Waals surface area contributed by atoms with Gasteiger partial charge in [0.05, 0.1) is 29.4 Å². The molecule has 0 saturated heterocycles. The number of esters is 1. The molecule has 0 fully saturated rings. The Kier molecular flexibility index (Phi) is 8.34. The molecule has 8 nitrogen and oxygen atoms in total. The van der Waals surface area contributed by atoms with E-state index in [4.69, 9.17) is 32.7 Å². The van der Waals surface area contributed by atoms with Crippen LogP contribution in [-0.2, 0) is 14.3 Å². The fourth-order valence-electron chi connectivity index (χ4n) is 1.70. The molecule has 0 aromatic heterocycles. The average molecular weight is 405 g/mol. The highest BCUT2D eigenvalue weighted by Gasteiger charge is 2.19. The quantitative estimate of drug-likeness (QED) is 0.444. The molecule has 142 valence electrons. The van der Waals surface area contributed by atoms with Crippen LogP contribution in [0, 0.1) is 5.92 Å². The number of ether oxygens (including phenoxy) is 3. The van der Waals surface area contributed by atoms with E-state index in [9.17, 15) is 14.4 Å². The van der Waals surface area contributed by atoms with E-state index in [1.54, 1.807) is 20.8 Å². The lowest BCUT2D eigenvalue weighted by molar-refractivity contribution is -0.135. The van der Waals surface area contributed by atoms with Crippen molar-refractivity contribution >= 4 is 52.8 Å². The van der Waals surface area contributed by atoms with Crippen molar-refractivity contribution in [3.8, 4) is 5.75 Å². The van der Waals surface area contributed by atoms with Gasteiger partial charge in [-0.2, -0.15) is 4.99 Å². The van der Waals surface area contributed by atoms with E-state index in [1.165, 1.54) is 12.1 Å². The molecular weight excluding hydrogens is 387 g/mol. The molecule has 0 aliphatic carbocycles.